The van der Waals surface area contributed by atoms with E-state index in [0.717, 1.165) is 0 Å². The Morgan fingerprint density at radius 3 is 0.958 bits per heavy atom. The van der Waals surface area contributed by atoms with Crippen LogP contribution in [0, 0.1) is 0 Å². The van der Waals surface area contributed by atoms with Gasteiger partial charge in [0, 0.05) is 0 Å². The molecule has 0 saturated heterocycles. The van der Waals surface area contributed by atoms with Crippen molar-refractivity contribution in [3.63, 3.8) is 0 Å². The van der Waals surface area contributed by atoms with Gasteiger partial charge in [-0.15, -0.1) is 0 Å². The molecule has 0 aromatic heterocycles. The third-order valence-corrected chi connectivity index (χ3v) is 2.84. The molecule has 0 rings (SSSR count). The third-order valence-electron chi connectivity index (χ3n) is 2.84. The van der Waals surface area contributed by atoms with Crippen LogP contribution in [0.15, 0.2) is 0 Å². The Morgan fingerprint density at radius 2 is 0.792 bits per heavy atom. The smallest absolute Gasteiger partial charge is 0.151 e. The predicted molar refractivity (Wildman–Crippen MR) is 74.4 cm³/mol. The van der Waals surface area contributed by atoms with Crippen LogP contribution in [-0.4, -0.2) is 126 Å². The molecule has 12 nitrogen and oxygen atoms in total. The van der Waals surface area contributed by atoms with Crippen LogP contribution in [0.3, 0.4) is 0 Å². The van der Waals surface area contributed by atoms with Gasteiger partial charge >= 0.3 is 0 Å². The summed E-state index contributed by atoms with van der Waals surface area (Å²) in [5.41, 5.74) is 0. The molecule has 0 heterocycles. The highest BCUT2D eigenvalue weighted by Gasteiger charge is 2.30. The molecular formula is C12H24O12. The molecule has 12 heteroatoms. The van der Waals surface area contributed by atoms with Gasteiger partial charge in [-0.1, -0.05) is 0 Å². The summed E-state index contributed by atoms with van der Waals surface area (Å²) in [4.78, 5) is 19.8. The molecule has 0 aromatic rings. The first-order valence-corrected chi connectivity index (χ1v) is 6.65. The highest BCUT2D eigenvalue weighted by molar-refractivity contribution is 5.57. The van der Waals surface area contributed by atoms with Crippen LogP contribution in [0.25, 0.3) is 0 Å². The molecule has 10 N–H and O–H groups in total. The van der Waals surface area contributed by atoms with E-state index in [1.165, 1.54) is 0 Å². The number of carbonyl (C=O) groups excluding carboxylic acids is 2. The Balaban J connectivity index is 0. The largest absolute Gasteiger partial charge is 0.394 e. The Labute approximate surface area is 136 Å². The quantitative estimate of drug-likeness (QED) is 0.164. The first-order valence-electron chi connectivity index (χ1n) is 6.65. The van der Waals surface area contributed by atoms with Gasteiger partial charge in [-0.05, 0) is 0 Å². The monoisotopic (exact) mass is 360 g/mol. The number of aldehydes is 2. The molecule has 0 aliphatic carbocycles. The SMILES string of the molecule is O=C[C@@H](O)[C@H](O)[C@H](O)[C@@H](O)CO.O=C[C@@H](O)[C@H](O)[C@H](O)[C@@H](O)CO. The fourth-order valence-electron chi connectivity index (χ4n) is 1.24. The summed E-state index contributed by atoms with van der Waals surface area (Å²) in [5, 5.41) is 87.1. The van der Waals surface area contributed by atoms with E-state index in [1.807, 2.05) is 0 Å². The van der Waals surface area contributed by atoms with E-state index in [9.17, 15) is 9.59 Å². The van der Waals surface area contributed by atoms with Crippen molar-refractivity contribution < 1.29 is 60.7 Å². The molecule has 0 fully saturated rings. The summed E-state index contributed by atoms with van der Waals surface area (Å²) in [6.45, 7) is -1.52. The van der Waals surface area contributed by atoms with Gasteiger partial charge in [0.05, 0.1) is 13.2 Å². The summed E-state index contributed by atoms with van der Waals surface area (Å²) >= 11 is 0. The minimum Gasteiger partial charge on any atom is -0.394 e. The molecule has 144 valence electrons. The predicted octanol–water partition coefficient (Wildman–Crippen LogP) is -6.76. The van der Waals surface area contributed by atoms with Crippen LogP contribution in [0.5, 0.6) is 0 Å². The van der Waals surface area contributed by atoms with Gasteiger partial charge in [0.2, 0.25) is 0 Å². The van der Waals surface area contributed by atoms with Gasteiger partial charge < -0.3 is 60.7 Å². The molecule has 0 bridgehead atoms. The molecule has 0 saturated carbocycles. The maximum atomic E-state index is 9.90. The maximum absolute atomic E-state index is 9.90. The highest BCUT2D eigenvalue weighted by atomic mass is 16.4. The fraction of sp³-hybridized carbons (Fsp3) is 0.833. The number of aliphatic hydroxyl groups excluding tert-OH is 10. The normalized spacial score (nSPS) is 21.1. The Hall–Kier alpha value is -1.06. The Bertz CT molecular complexity index is 308. The standard InChI is InChI=1S/2C6H12O6/c2*7-1-3(9)5(11)6(12)4(10)2-8/h2*1,3-6,8-12H,2H2/t2*3-,4+,5+,6-/m11/s1. The van der Waals surface area contributed by atoms with E-state index in [0.29, 0.717) is 0 Å². The minimum atomic E-state index is -1.79. The summed E-state index contributed by atoms with van der Waals surface area (Å²) in [6, 6.07) is 0. The Kier molecular flexibility index (Phi) is 13.9. The van der Waals surface area contributed by atoms with Crippen LogP contribution < -0.4 is 0 Å². The molecule has 0 aliphatic rings. The molecule has 0 radical (unpaired) electrons. The Morgan fingerprint density at radius 1 is 0.542 bits per heavy atom. The van der Waals surface area contributed by atoms with Crippen molar-refractivity contribution in [2.24, 2.45) is 0 Å². The van der Waals surface area contributed by atoms with Crippen molar-refractivity contribution in [2.45, 2.75) is 48.8 Å². The molecule has 0 amide bonds. The second-order valence-electron chi connectivity index (χ2n) is 4.72. The summed E-state index contributed by atoms with van der Waals surface area (Å²) in [7, 11) is 0. The van der Waals surface area contributed by atoms with E-state index in [2.05, 4.69) is 0 Å². The minimum absolute atomic E-state index is 0.0258. The molecule has 24 heavy (non-hydrogen) atoms. The van der Waals surface area contributed by atoms with E-state index in [1.54, 1.807) is 0 Å². The summed E-state index contributed by atoms with van der Waals surface area (Å²) in [6.07, 6.45) is -13.7. The van der Waals surface area contributed by atoms with E-state index in [4.69, 9.17) is 51.1 Å². The fourth-order valence-corrected chi connectivity index (χ4v) is 1.24. The molecular weight excluding hydrogens is 336 g/mol. The zero-order valence-electron chi connectivity index (χ0n) is 12.5. The molecule has 0 aliphatic heterocycles. The van der Waals surface area contributed by atoms with Gasteiger partial charge in [0.25, 0.3) is 0 Å². The average molecular weight is 360 g/mol. The lowest BCUT2D eigenvalue weighted by atomic mass is 10.0. The van der Waals surface area contributed by atoms with Crippen molar-refractivity contribution >= 4 is 12.6 Å². The zero-order valence-corrected chi connectivity index (χ0v) is 12.5. The van der Waals surface area contributed by atoms with Gasteiger partial charge in [-0.25, -0.2) is 0 Å². The average Bonchev–Trinajstić information content (AvgIpc) is 2.62. The summed E-state index contributed by atoms with van der Waals surface area (Å²) < 4.78 is 0. The number of carbonyl (C=O) groups is 2. The van der Waals surface area contributed by atoms with Crippen molar-refractivity contribution in [3.8, 4) is 0 Å². The van der Waals surface area contributed by atoms with Crippen LogP contribution in [0.4, 0.5) is 0 Å². The maximum Gasteiger partial charge on any atom is 0.151 e. The second kappa shape index (κ2) is 13.3. The van der Waals surface area contributed by atoms with Crippen LogP contribution in [0.1, 0.15) is 0 Å². The van der Waals surface area contributed by atoms with E-state index in [-0.39, 0.29) is 12.6 Å². The van der Waals surface area contributed by atoms with Gasteiger partial charge in [-0.3, -0.25) is 0 Å². The lowest BCUT2D eigenvalue weighted by Gasteiger charge is -2.22. The van der Waals surface area contributed by atoms with Gasteiger partial charge in [0.15, 0.2) is 12.6 Å². The van der Waals surface area contributed by atoms with Crippen molar-refractivity contribution in [2.75, 3.05) is 13.2 Å². The van der Waals surface area contributed by atoms with Crippen molar-refractivity contribution in [1.29, 1.82) is 0 Å². The lowest BCUT2D eigenvalue weighted by molar-refractivity contribution is -0.136. The number of aliphatic hydroxyl groups is 10. The molecule has 0 spiro atoms. The summed E-state index contributed by atoms with van der Waals surface area (Å²) in [5.74, 6) is 0. The number of rotatable bonds is 10. The first-order chi connectivity index (χ1) is 11.1. The third kappa shape index (κ3) is 8.70. The topological polar surface area (TPSA) is 236 Å². The van der Waals surface area contributed by atoms with Crippen LogP contribution in [0.2, 0.25) is 0 Å². The number of hydrogen-bond donors (Lipinski definition) is 10. The molecule has 0 unspecified atom stereocenters. The zero-order chi connectivity index (χ0) is 19.4. The van der Waals surface area contributed by atoms with Crippen LogP contribution in [-0.2, 0) is 9.59 Å². The van der Waals surface area contributed by atoms with Crippen molar-refractivity contribution in [1.82, 2.24) is 0 Å². The van der Waals surface area contributed by atoms with Crippen molar-refractivity contribution in [3.05, 3.63) is 0 Å². The molecule has 0 aromatic carbocycles. The molecule has 8 atom stereocenters. The van der Waals surface area contributed by atoms with E-state index < -0.39 is 62.0 Å². The lowest BCUT2D eigenvalue weighted by Crippen LogP contribution is -2.46. The van der Waals surface area contributed by atoms with Crippen LogP contribution >= 0.6 is 0 Å². The first kappa shape index (κ1) is 25.2. The number of hydrogen-bond acceptors (Lipinski definition) is 12. The van der Waals surface area contributed by atoms with Gasteiger partial charge in [-0.2, -0.15) is 0 Å². The van der Waals surface area contributed by atoms with Gasteiger partial charge in [0.1, 0.15) is 48.8 Å². The van der Waals surface area contributed by atoms with E-state index >= 15 is 0 Å². The highest BCUT2D eigenvalue weighted by Crippen LogP contribution is 2.03. The second-order valence-corrected chi connectivity index (χ2v) is 4.72.